The van der Waals surface area contributed by atoms with Crippen LogP contribution in [0.4, 0.5) is 0 Å². The molecule has 1 aromatic rings. The fourth-order valence-electron chi connectivity index (χ4n) is 3.68. The number of likely N-dealkylation sites (N-methyl/N-ethyl adjacent to an activating group) is 1. The molecule has 2 fully saturated rings. The van der Waals surface area contributed by atoms with Gasteiger partial charge < -0.3 is 19.9 Å². The normalized spacial score (nSPS) is 21.0. The highest BCUT2D eigenvalue weighted by molar-refractivity contribution is 14.0. The summed E-state index contributed by atoms with van der Waals surface area (Å²) in [6.45, 7) is 4.78. The summed E-state index contributed by atoms with van der Waals surface area (Å²) in [6.07, 6.45) is 3.55. The second-order valence-electron chi connectivity index (χ2n) is 7.31. The summed E-state index contributed by atoms with van der Waals surface area (Å²) in [5.74, 6) is 2.36. The lowest BCUT2D eigenvalue weighted by Crippen LogP contribution is -2.41. The Hall–Kier alpha value is -0.870. The predicted molar refractivity (Wildman–Crippen MR) is 121 cm³/mol. The van der Waals surface area contributed by atoms with Gasteiger partial charge in [0, 0.05) is 45.3 Å². The molecule has 3 heterocycles. The molecular formula is C19H31IN4O2S. The van der Waals surface area contributed by atoms with Crippen molar-refractivity contribution in [2.75, 3.05) is 46.9 Å². The fourth-order valence-corrected chi connectivity index (χ4v) is 4.33. The van der Waals surface area contributed by atoms with E-state index in [-0.39, 0.29) is 36.4 Å². The molecule has 1 N–H and O–H groups in total. The molecule has 152 valence electrons. The van der Waals surface area contributed by atoms with Crippen molar-refractivity contribution in [2.24, 2.45) is 16.8 Å². The van der Waals surface area contributed by atoms with Crippen LogP contribution in [0.1, 0.15) is 24.1 Å². The molecule has 0 aliphatic carbocycles. The van der Waals surface area contributed by atoms with E-state index in [9.17, 15) is 4.79 Å². The van der Waals surface area contributed by atoms with Crippen molar-refractivity contribution in [3.05, 3.63) is 22.4 Å². The first kappa shape index (κ1) is 22.4. The van der Waals surface area contributed by atoms with Crippen LogP contribution in [0.3, 0.4) is 0 Å². The maximum Gasteiger partial charge on any atom is 0.243 e. The molecule has 3 rings (SSSR count). The largest absolute Gasteiger partial charge is 0.381 e. The topological polar surface area (TPSA) is 57.2 Å². The van der Waals surface area contributed by atoms with E-state index < -0.39 is 0 Å². The Morgan fingerprint density at radius 3 is 2.78 bits per heavy atom. The third-order valence-electron chi connectivity index (χ3n) is 5.32. The molecule has 2 saturated heterocycles. The standard InChI is InChI=1S/C19H30N4O2S.HI/c1-22(2)18(24)13-21-19(20-12-17-4-3-11-26-17)23-8-5-16(14-23)15-6-9-25-10-7-15;/h3-4,11,15-16H,5-10,12-14H2,1-2H3,(H,20,21);1H. The van der Waals surface area contributed by atoms with Gasteiger partial charge in [0.25, 0.3) is 0 Å². The molecule has 8 heteroatoms. The number of guanidine groups is 1. The van der Waals surface area contributed by atoms with Crippen LogP contribution in [-0.4, -0.2) is 68.6 Å². The molecule has 0 bridgehead atoms. The Labute approximate surface area is 183 Å². The quantitative estimate of drug-likeness (QED) is 0.379. The molecular weight excluding hydrogens is 475 g/mol. The Bertz CT molecular complexity index is 603. The Kier molecular flexibility index (Phi) is 9.31. The van der Waals surface area contributed by atoms with Gasteiger partial charge in [0.05, 0.1) is 6.54 Å². The number of nitrogens with zero attached hydrogens (tertiary/aromatic N) is 3. The van der Waals surface area contributed by atoms with Gasteiger partial charge in [0.15, 0.2) is 5.96 Å². The number of nitrogens with one attached hydrogen (secondary N) is 1. The molecule has 27 heavy (non-hydrogen) atoms. The molecule has 2 aliphatic rings. The van der Waals surface area contributed by atoms with Gasteiger partial charge in [0.2, 0.25) is 5.91 Å². The molecule has 0 spiro atoms. The highest BCUT2D eigenvalue weighted by atomic mass is 127. The number of halogens is 1. The average molecular weight is 506 g/mol. The summed E-state index contributed by atoms with van der Waals surface area (Å²) >= 11 is 1.73. The van der Waals surface area contributed by atoms with Crippen molar-refractivity contribution < 1.29 is 9.53 Å². The molecule has 1 amide bonds. The Balaban J connectivity index is 0.00000261. The SMILES string of the molecule is CN(C)C(=O)CN=C(NCc1cccs1)N1CCC(C2CCOCC2)C1.I. The summed E-state index contributed by atoms with van der Waals surface area (Å²) in [5.41, 5.74) is 0. The van der Waals surface area contributed by atoms with E-state index in [1.807, 2.05) is 0 Å². The van der Waals surface area contributed by atoms with Crippen LogP contribution in [0.5, 0.6) is 0 Å². The van der Waals surface area contributed by atoms with Gasteiger partial charge in [-0.1, -0.05) is 6.07 Å². The number of rotatable bonds is 5. The molecule has 6 nitrogen and oxygen atoms in total. The second kappa shape index (κ2) is 11.2. The van der Waals surface area contributed by atoms with E-state index in [1.165, 1.54) is 24.1 Å². The van der Waals surface area contributed by atoms with E-state index in [4.69, 9.17) is 4.74 Å². The van der Waals surface area contributed by atoms with Gasteiger partial charge in [-0.15, -0.1) is 35.3 Å². The smallest absolute Gasteiger partial charge is 0.243 e. The van der Waals surface area contributed by atoms with Gasteiger partial charge in [-0.2, -0.15) is 0 Å². The number of amides is 1. The van der Waals surface area contributed by atoms with Crippen molar-refractivity contribution >= 4 is 47.2 Å². The predicted octanol–water partition coefficient (Wildman–Crippen LogP) is 2.65. The minimum atomic E-state index is 0. The number of aliphatic imine (C=N–C) groups is 1. The van der Waals surface area contributed by atoms with Crippen LogP contribution in [0.2, 0.25) is 0 Å². The van der Waals surface area contributed by atoms with Crippen molar-refractivity contribution in [1.82, 2.24) is 15.1 Å². The second-order valence-corrected chi connectivity index (χ2v) is 8.34. The van der Waals surface area contributed by atoms with Crippen molar-refractivity contribution in [3.8, 4) is 0 Å². The van der Waals surface area contributed by atoms with Gasteiger partial charge >= 0.3 is 0 Å². The first-order valence-corrected chi connectivity index (χ1v) is 10.3. The number of carbonyl (C=O) groups is 1. The van der Waals surface area contributed by atoms with Gasteiger partial charge in [-0.05, 0) is 42.5 Å². The molecule has 1 aromatic heterocycles. The molecule has 0 aromatic carbocycles. The minimum Gasteiger partial charge on any atom is -0.381 e. The van der Waals surface area contributed by atoms with Crippen LogP contribution < -0.4 is 5.32 Å². The first-order valence-electron chi connectivity index (χ1n) is 9.47. The zero-order valence-electron chi connectivity index (χ0n) is 16.2. The molecule has 1 atom stereocenters. The molecule has 0 radical (unpaired) electrons. The summed E-state index contributed by atoms with van der Waals surface area (Å²) in [7, 11) is 3.54. The van der Waals surface area contributed by atoms with Gasteiger partial charge in [-0.25, -0.2) is 4.99 Å². The average Bonchev–Trinajstić information content (AvgIpc) is 3.34. The van der Waals surface area contributed by atoms with Gasteiger partial charge in [0.1, 0.15) is 6.54 Å². The number of hydrogen-bond donors (Lipinski definition) is 1. The Morgan fingerprint density at radius 1 is 1.33 bits per heavy atom. The van der Waals surface area contributed by atoms with E-state index in [0.717, 1.165) is 44.7 Å². The highest BCUT2D eigenvalue weighted by Gasteiger charge is 2.32. The van der Waals surface area contributed by atoms with Crippen LogP contribution in [0.25, 0.3) is 0 Å². The van der Waals surface area contributed by atoms with Crippen molar-refractivity contribution in [3.63, 3.8) is 0 Å². The van der Waals surface area contributed by atoms with Crippen LogP contribution in [-0.2, 0) is 16.1 Å². The van der Waals surface area contributed by atoms with Gasteiger partial charge in [-0.3, -0.25) is 4.79 Å². The Morgan fingerprint density at radius 2 is 2.11 bits per heavy atom. The van der Waals surface area contributed by atoms with E-state index >= 15 is 0 Å². The monoisotopic (exact) mass is 506 g/mol. The van der Waals surface area contributed by atoms with Crippen LogP contribution >= 0.6 is 35.3 Å². The number of ether oxygens (including phenoxy) is 1. The number of thiophene rings is 1. The first-order chi connectivity index (χ1) is 12.6. The minimum absolute atomic E-state index is 0. The maximum atomic E-state index is 12.0. The zero-order valence-corrected chi connectivity index (χ0v) is 19.4. The fraction of sp³-hybridized carbons (Fsp3) is 0.684. The molecule has 0 saturated carbocycles. The van der Waals surface area contributed by atoms with Crippen molar-refractivity contribution in [1.29, 1.82) is 0 Å². The van der Waals surface area contributed by atoms with E-state index in [1.54, 1.807) is 30.3 Å². The third-order valence-corrected chi connectivity index (χ3v) is 6.20. The summed E-state index contributed by atoms with van der Waals surface area (Å²) in [6, 6.07) is 4.18. The summed E-state index contributed by atoms with van der Waals surface area (Å²) in [4.78, 5) is 21.8. The highest BCUT2D eigenvalue weighted by Crippen LogP contribution is 2.31. The molecule has 2 aliphatic heterocycles. The zero-order chi connectivity index (χ0) is 18.4. The van der Waals surface area contributed by atoms with Crippen LogP contribution in [0.15, 0.2) is 22.5 Å². The lowest BCUT2D eigenvalue weighted by Gasteiger charge is -2.28. The lowest BCUT2D eigenvalue weighted by atomic mass is 9.85. The van der Waals surface area contributed by atoms with E-state index in [2.05, 4.69) is 32.7 Å². The van der Waals surface area contributed by atoms with Crippen molar-refractivity contribution in [2.45, 2.75) is 25.8 Å². The van der Waals surface area contributed by atoms with E-state index in [0.29, 0.717) is 5.92 Å². The number of hydrogen-bond acceptors (Lipinski definition) is 4. The summed E-state index contributed by atoms with van der Waals surface area (Å²) < 4.78 is 5.51. The molecule has 1 unspecified atom stereocenters. The van der Waals surface area contributed by atoms with Crippen LogP contribution in [0, 0.1) is 11.8 Å². The third kappa shape index (κ3) is 6.60. The lowest BCUT2D eigenvalue weighted by molar-refractivity contribution is -0.127. The summed E-state index contributed by atoms with van der Waals surface area (Å²) in [5, 5.41) is 5.56. The number of likely N-dealkylation sites (tertiary alicyclic amines) is 1. The number of carbonyl (C=O) groups excluding carboxylic acids is 1. The maximum absolute atomic E-state index is 12.0.